The van der Waals surface area contributed by atoms with Gasteiger partial charge in [-0.05, 0) is 34.6 Å². The Morgan fingerprint density at radius 3 is 1.80 bits per heavy atom. The highest BCUT2D eigenvalue weighted by atomic mass is 16.8. The Bertz CT molecular complexity index is 252. The summed E-state index contributed by atoms with van der Waals surface area (Å²) >= 11 is 0. The molecule has 0 bridgehead atoms. The molecule has 0 atom stereocenters. The van der Waals surface area contributed by atoms with E-state index in [9.17, 15) is 4.79 Å². The largest absolute Gasteiger partial charge is 0.460 e. The van der Waals surface area contributed by atoms with Crippen molar-refractivity contribution in [3.8, 4) is 0 Å². The summed E-state index contributed by atoms with van der Waals surface area (Å²) in [5.74, 6) is -1.18. The third-order valence-electron chi connectivity index (χ3n) is 2.93. The first kappa shape index (κ1) is 12.5. The summed E-state index contributed by atoms with van der Waals surface area (Å²) in [5.41, 5.74) is -0.802. The zero-order valence-electron chi connectivity index (χ0n) is 10.3. The number of carbonyl (C=O) groups excluding carboxylic acids is 1. The molecule has 0 aromatic carbocycles. The van der Waals surface area contributed by atoms with E-state index in [0.29, 0.717) is 0 Å². The van der Waals surface area contributed by atoms with Gasteiger partial charge in [-0.15, -0.1) is 0 Å². The molecule has 0 aromatic heterocycles. The topological polar surface area (TPSA) is 44.8 Å². The van der Waals surface area contributed by atoms with Gasteiger partial charge in [0.15, 0.2) is 0 Å². The van der Waals surface area contributed by atoms with Crippen molar-refractivity contribution in [3.05, 3.63) is 0 Å². The van der Waals surface area contributed by atoms with E-state index >= 15 is 0 Å². The molecule has 1 fully saturated rings. The minimum Gasteiger partial charge on any atom is -0.460 e. The fourth-order valence-corrected chi connectivity index (χ4v) is 1.64. The number of hydrogen-bond acceptors (Lipinski definition) is 4. The Hall–Kier alpha value is -0.610. The maximum absolute atomic E-state index is 10.7. The number of esters is 1. The lowest BCUT2D eigenvalue weighted by Crippen LogP contribution is -2.41. The summed E-state index contributed by atoms with van der Waals surface area (Å²) in [6, 6.07) is 0. The van der Waals surface area contributed by atoms with Crippen LogP contribution in [0.3, 0.4) is 0 Å². The molecule has 0 unspecified atom stereocenters. The Labute approximate surface area is 90.9 Å². The second-order valence-electron chi connectivity index (χ2n) is 5.14. The Morgan fingerprint density at radius 2 is 1.47 bits per heavy atom. The van der Waals surface area contributed by atoms with E-state index in [2.05, 4.69) is 0 Å². The summed E-state index contributed by atoms with van der Waals surface area (Å²) in [5, 5.41) is 0. The normalized spacial score (nSPS) is 26.3. The molecule has 1 rings (SSSR count). The van der Waals surface area contributed by atoms with Gasteiger partial charge >= 0.3 is 5.97 Å². The van der Waals surface area contributed by atoms with Crippen LogP contribution in [0.25, 0.3) is 0 Å². The molecule has 4 nitrogen and oxygen atoms in total. The van der Waals surface area contributed by atoms with Gasteiger partial charge in [-0.1, -0.05) is 0 Å². The summed E-state index contributed by atoms with van der Waals surface area (Å²) in [4.78, 5) is 10.7. The Morgan fingerprint density at radius 1 is 1.07 bits per heavy atom. The van der Waals surface area contributed by atoms with Gasteiger partial charge in [-0.2, -0.15) is 0 Å². The van der Waals surface area contributed by atoms with Crippen LogP contribution in [0.5, 0.6) is 0 Å². The van der Waals surface area contributed by atoms with Gasteiger partial charge < -0.3 is 14.2 Å². The SMILES string of the molecule is CC(=O)OCC1(C)OC(C)(C)C(C)(C)O1. The van der Waals surface area contributed by atoms with Crippen molar-refractivity contribution in [2.24, 2.45) is 0 Å². The molecule has 1 heterocycles. The van der Waals surface area contributed by atoms with Crippen LogP contribution in [0.1, 0.15) is 41.5 Å². The van der Waals surface area contributed by atoms with E-state index in [4.69, 9.17) is 14.2 Å². The van der Waals surface area contributed by atoms with E-state index in [1.165, 1.54) is 6.92 Å². The summed E-state index contributed by atoms with van der Waals surface area (Å²) in [6.45, 7) is 11.1. The minimum atomic E-state index is -0.849. The predicted octanol–water partition coefficient (Wildman–Crippen LogP) is 1.87. The zero-order valence-corrected chi connectivity index (χ0v) is 10.3. The highest BCUT2D eigenvalue weighted by Gasteiger charge is 2.55. The van der Waals surface area contributed by atoms with Gasteiger partial charge in [0.2, 0.25) is 5.79 Å². The van der Waals surface area contributed by atoms with E-state index in [0.717, 1.165) is 0 Å². The van der Waals surface area contributed by atoms with Gasteiger partial charge in [-0.25, -0.2) is 0 Å². The van der Waals surface area contributed by atoms with Crippen LogP contribution in [0.4, 0.5) is 0 Å². The Balaban J connectivity index is 2.71. The molecule has 1 aliphatic rings. The molecule has 4 heteroatoms. The summed E-state index contributed by atoms with van der Waals surface area (Å²) in [7, 11) is 0. The Kier molecular flexibility index (Phi) is 2.87. The molecule has 0 spiro atoms. The molecule has 0 aromatic rings. The van der Waals surface area contributed by atoms with Gasteiger partial charge in [0.1, 0.15) is 6.61 Å². The van der Waals surface area contributed by atoms with Gasteiger partial charge in [0, 0.05) is 6.92 Å². The third-order valence-corrected chi connectivity index (χ3v) is 2.93. The maximum Gasteiger partial charge on any atom is 0.302 e. The second kappa shape index (κ2) is 3.46. The fraction of sp³-hybridized carbons (Fsp3) is 0.909. The summed E-state index contributed by atoms with van der Waals surface area (Å²) in [6.07, 6.45) is 0. The third kappa shape index (κ3) is 2.49. The van der Waals surface area contributed by atoms with Crippen molar-refractivity contribution >= 4 is 5.97 Å². The molecule has 0 aliphatic carbocycles. The lowest BCUT2D eigenvalue weighted by atomic mass is 9.90. The smallest absolute Gasteiger partial charge is 0.302 e. The summed E-state index contributed by atoms with van der Waals surface area (Å²) < 4.78 is 16.5. The molecule has 0 N–H and O–H groups in total. The van der Waals surface area contributed by atoms with E-state index in [1.807, 2.05) is 27.7 Å². The van der Waals surface area contributed by atoms with E-state index in [1.54, 1.807) is 6.92 Å². The van der Waals surface area contributed by atoms with Gasteiger partial charge in [0.25, 0.3) is 0 Å². The molecule has 1 aliphatic heterocycles. The van der Waals surface area contributed by atoms with Crippen molar-refractivity contribution in [3.63, 3.8) is 0 Å². The molecule has 15 heavy (non-hydrogen) atoms. The average molecular weight is 216 g/mol. The van der Waals surface area contributed by atoms with Crippen molar-refractivity contribution in [1.29, 1.82) is 0 Å². The molecule has 0 radical (unpaired) electrons. The lowest BCUT2D eigenvalue weighted by molar-refractivity contribution is -0.210. The number of ether oxygens (including phenoxy) is 3. The number of rotatable bonds is 2. The predicted molar refractivity (Wildman–Crippen MR) is 55.4 cm³/mol. The van der Waals surface area contributed by atoms with Crippen LogP contribution >= 0.6 is 0 Å². The fourth-order valence-electron chi connectivity index (χ4n) is 1.64. The number of carbonyl (C=O) groups is 1. The van der Waals surface area contributed by atoms with Crippen molar-refractivity contribution in [1.82, 2.24) is 0 Å². The second-order valence-corrected chi connectivity index (χ2v) is 5.14. The molecule has 0 saturated carbocycles. The maximum atomic E-state index is 10.7. The zero-order chi connectivity index (χ0) is 11.9. The highest BCUT2D eigenvalue weighted by molar-refractivity contribution is 5.65. The van der Waals surface area contributed by atoms with Crippen LogP contribution < -0.4 is 0 Å². The quantitative estimate of drug-likeness (QED) is 0.661. The highest BCUT2D eigenvalue weighted by Crippen LogP contribution is 2.43. The van der Waals surface area contributed by atoms with Gasteiger partial charge in [0.05, 0.1) is 11.2 Å². The minimum absolute atomic E-state index is 0.120. The van der Waals surface area contributed by atoms with Gasteiger partial charge in [-0.3, -0.25) is 4.79 Å². The van der Waals surface area contributed by atoms with Crippen molar-refractivity contribution in [2.75, 3.05) is 6.61 Å². The van der Waals surface area contributed by atoms with E-state index in [-0.39, 0.29) is 12.6 Å². The first-order valence-electron chi connectivity index (χ1n) is 5.12. The molecule has 0 amide bonds. The average Bonchev–Trinajstić information content (AvgIpc) is 2.13. The van der Waals surface area contributed by atoms with Crippen LogP contribution in [0.2, 0.25) is 0 Å². The standard InChI is InChI=1S/C11H20O4/c1-8(12)13-7-11(6)14-9(2,3)10(4,5)15-11/h7H2,1-6H3. The van der Waals surface area contributed by atoms with E-state index < -0.39 is 17.0 Å². The first-order valence-corrected chi connectivity index (χ1v) is 5.12. The van der Waals surface area contributed by atoms with Crippen molar-refractivity contribution < 1.29 is 19.0 Å². The van der Waals surface area contributed by atoms with Crippen LogP contribution in [-0.4, -0.2) is 29.6 Å². The molecule has 88 valence electrons. The van der Waals surface area contributed by atoms with Crippen molar-refractivity contribution in [2.45, 2.75) is 58.5 Å². The molecular formula is C11H20O4. The lowest BCUT2D eigenvalue weighted by Gasteiger charge is -2.30. The number of hydrogen-bond donors (Lipinski definition) is 0. The van der Waals surface area contributed by atoms with Crippen LogP contribution in [0.15, 0.2) is 0 Å². The van der Waals surface area contributed by atoms with Crippen LogP contribution in [0, 0.1) is 0 Å². The first-order chi connectivity index (χ1) is 6.58. The molecular weight excluding hydrogens is 196 g/mol. The van der Waals surface area contributed by atoms with Crippen LogP contribution in [-0.2, 0) is 19.0 Å². The monoisotopic (exact) mass is 216 g/mol. The molecule has 1 saturated heterocycles.